The van der Waals surface area contributed by atoms with Crippen molar-refractivity contribution < 1.29 is 9.47 Å². The molecule has 0 spiro atoms. The van der Waals surface area contributed by atoms with E-state index in [1.807, 2.05) is 17.7 Å². The SMILES string of the molecule is CCc1nccn1-c1nc(OC)cc(OC)n1. The van der Waals surface area contributed by atoms with Gasteiger partial charge in [0, 0.05) is 18.8 Å². The van der Waals surface area contributed by atoms with Crippen LogP contribution in [0.2, 0.25) is 0 Å². The summed E-state index contributed by atoms with van der Waals surface area (Å²) in [6.45, 7) is 2.02. The van der Waals surface area contributed by atoms with E-state index >= 15 is 0 Å². The number of ether oxygens (including phenoxy) is 2. The summed E-state index contributed by atoms with van der Waals surface area (Å²) in [5.41, 5.74) is 0. The van der Waals surface area contributed by atoms with Crippen LogP contribution in [0.3, 0.4) is 0 Å². The molecule has 0 aliphatic carbocycles. The fourth-order valence-corrected chi connectivity index (χ4v) is 1.49. The third-order valence-corrected chi connectivity index (χ3v) is 2.33. The molecule has 0 saturated heterocycles. The summed E-state index contributed by atoms with van der Waals surface area (Å²) in [4.78, 5) is 12.7. The van der Waals surface area contributed by atoms with Crippen molar-refractivity contribution in [3.8, 4) is 17.7 Å². The van der Waals surface area contributed by atoms with Gasteiger partial charge < -0.3 is 9.47 Å². The Kier molecular flexibility index (Phi) is 3.22. The molecule has 2 rings (SSSR count). The smallest absolute Gasteiger partial charge is 0.241 e. The number of imidazole rings is 1. The zero-order valence-corrected chi connectivity index (χ0v) is 10.0. The van der Waals surface area contributed by atoms with Gasteiger partial charge in [0.15, 0.2) is 0 Å². The van der Waals surface area contributed by atoms with E-state index in [1.54, 1.807) is 26.5 Å². The average Bonchev–Trinajstić information content (AvgIpc) is 2.86. The number of nitrogens with zero attached hydrogens (tertiary/aromatic N) is 4. The van der Waals surface area contributed by atoms with Gasteiger partial charge in [0.2, 0.25) is 17.7 Å². The van der Waals surface area contributed by atoms with Crippen LogP contribution in [-0.2, 0) is 6.42 Å². The topological polar surface area (TPSA) is 62.1 Å². The van der Waals surface area contributed by atoms with Gasteiger partial charge in [-0.05, 0) is 0 Å². The van der Waals surface area contributed by atoms with E-state index < -0.39 is 0 Å². The summed E-state index contributed by atoms with van der Waals surface area (Å²) in [7, 11) is 3.11. The van der Waals surface area contributed by atoms with Gasteiger partial charge in [-0.1, -0.05) is 6.92 Å². The van der Waals surface area contributed by atoms with Crippen molar-refractivity contribution in [1.29, 1.82) is 0 Å². The Morgan fingerprint density at radius 3 is 2.35 bits per heavy atom. The summed E-state index contributed by atoms with van der Waals surface area (Å²) in [6, 6.07) is 1.63. The van der Waals surface area contributed by atoms with Crippen LogP contribution >= 0.6 is 0 Å². The van der Waals surface area contributed by atoms with Crippen LogP contribution in [0, 0.1) is 0 Å². The Morgan fingerprint density at radius 2 is 1.82 bits per heavy atom. The minimum atomic E-state index is 0.461. The van der Waals surface area contributed by atoms with E-state index in [4.69, 9.17) is 9.47 Å². The minimum absolute atomic E-state index is 0.461. The second kappa shape index (κ2) is 4.82. The molecule has 0 aliphatic heterocycles. The Balaban J connectivity index is 2.51. The van der Waals surface area contributed by atoms with Crippen molar-refractivity contribution in [3.05, 3.63) is 24.3 Å². The maximum atomic E-state index is 5.10. The molecule has 2 aromatic rings. The number of rotatable bonds is 4. The quantitative estimate of drug-likeness (QED) is 0.796. The number of aryl methyl sites for hydroxylation is 1. The monoisotopic (exact) mass is 234 g/mol. The maximum Gasteiger partial charge on any atom is 0.241 e. The third kappa shape index (κ3) is 2.20. The molecule has 0 N–H and O–H groups in total. The number of hydrogen-bond acceptors (Lipinski definition) is 5. The first kappa shape index (κ1) is 11.4. The Hall–Kier alpha value is -2.11. The number of aromatic nitrogens is 4. The van der Waals surface area contributed by atoms with Gasteiger partial charge in [-0.2, -0.15) is 9.97 Å². The zero-order chi connectivity index (χ0) is 12.3. The zero-order valence-electron chi connectivity index (χ0n) is 10.0. The Labute approximate surface area is 99.3 Å². The van der Waals surface area contributed by atoms with Crippen LogP contribution in [0.5, 0.6) is 11.8 Å². The lowest BCUT2D eigenvalue weighted by Gasteiger charge is -2.08. The van der Waals surface area contributed by atoms with Crippen LogP contribution < -0.4 is 9.47 Å². The van der Waals surface area contributed by atoms with E-state index in [-0.39, 0.29) is 0 Å². The molecule has 0 aromatic carbocycles. The molecule has 2 aromatic heterocycles. The summed E-state index contributed by atoms with van der Waals surface area (Å²) in [5.74, 6) is 2.31. The highest BCUT2D eigenvalue weighted by Gasteiger charge is 2.10. The van der Waals surface area contributed by atoms with Crippen LogP contribution in [0.25, 0.3) is 5.95 Å². The molecule has 6 heteroatoms. The highest BCUT2D eigenvalue weighted by Crippen LogP contribution is 2.17. The Morgan fingerprint density at radius 1 is 1.18 bits per heavy atom. The van der Waals surface area contributed by atoms with E-state index in [2.05, 4.69) is 15.0 Å². The van der Waals surface area contributed by atoms with Gasteiger partial charge in [0.05, 0.1) is 20.3 Å². The fraction of sp³-hybridized carbons (Fsp3) is 0.364. The molecular weight excluding hydrogens is 220 g/mol. The first-order valence-electron chi connectivity index (χ1n) is 5.28. The molecule has 0 aliphatic rings. The molecule has 0 saturated carbocycles. The molecule has 90 valence electrons. The van der Waals surface area contributed by atoms with Gasteiger partial charge in [-0.25, -0.2) is 4.98 Å². The second-order valence-corrected chi connectivity index (χ2v) is 3.32. The normalized spacial score (nSPS) is 10.3. The largest absolute Gasteiger partial charge is 0.481 e. The molecule has 0 amide bonds. The fourth-order valence-electron chi connectivity index (χ4n) is 1.49. The van der Waals surface area contributed by atoms with Crippen LogP contribution in [0.1, 0.15) is 12.7 Å². The molecule has 0 bridgehead atoms. The van der Waals surface area contributed by atoms with Crippen molar-refractivity contribution in [2.45, 2.75) is 13.3 Å². The van der Waals surface area contributed by atoms with E-state index in [0.717, 1.165) is 12.2 Å². The number of methoxy groups -OCH3 is 2. The van der Waals surface area contributed by atoms with Crippen LogP contribution in [-0.4, -0.2) is 33.7 Å². The lowest BCUT2D eigenvalue weighted by molar-refractivity contribution is 0.370. The summed E-state index contributed by atoms with van der Waals surface area (Å²) >= 11 is 0. The first-order valence-corrected chi connectivity index (χ1v) is 5.28. The molecule has 2 heterocycles. The van der Waals surface area contributed by atoms with E-state index in [0.29, 0.717) is 17.7 Å². The lowest BCUT2D eigenvalue weighted by Crippen LogP contribution is -2.06. The van der Waals surface area contributed by atoms with Gasteiger partial charge in [0.25, 0.3) is 0 Å². The molecule has 0 fully saturated rings. The average molecular weight is 234 g/mol. The minimum Gasteiger partial charge on any atom is -0.481 e. The van der Waals surface area contributed by atoms with Gasteiger partial charge in [-0.15, -0.1) is 0 Å². The van der Waals surface area contributed by atoms with E-state index in [9.17, 15) is 0 Å². The van der Waals surface area contributed by atoms with Crippen molar-refractivity contribution in [1.82, 2.24) is 19.5 Å². The molecule has 0 unspecified atom stereocenters. The maximum absolute atomic E-state index is 5.10. The molecule has 6 nitrogen and oxygen atoms in total. The number of hydrogen-bond donors (Lipinski definition) is 0. The standard InChI is InChI=1S/C11H14N4O2/c1-4-8-12-5-6-15(8)11-13-9(16-2)7-10(14-11)17-3/h5-7H,4H2,1-3H3. The van der Waals surface area contributed by atoms with Gasteiger partial charge in [0.1, 0.15) is 5.82 Å². The summed E-state index contributed by atoms with van der Waals surface area (Å²) in [6.07, 6.45) is 4.33. The van der Waals surface area contributed by atoms with Gasteiger partial charge >= 0.3 is 0 Å². The van der Waals surface area contributed by atoms with Crippen molar-refractivity contribution >= 4 is 0 Å². The van der Waals surface area contributed by atoms with Crippen LogP contribution in [0.15, 0.2) is 18.5 Å². The lowest BCUT2D eigenvalue weighted by atomic mass is 10.4. The van der Waals surface area contributed by atoms with Crippen molar-refractivity contribution in [3.63, 3.8) is 0 Å². The Bertz CT molecular complexity index is 488. The highest BCUT2D eigenvalue weighted by atomic mass is 16.5. The van der Waals surface area contributed by atoms with Crippen molar-refractivity contribution in [2.75, 3.05) is 14.2 Å². The predicted molar refractivity (Wildman–Crippen MR) is 61.6 cm³/mol. The van der Waals surface area contributed by atoms with Gasteiger partial charge in [-0.3, -0.25) is 4.57 Å². The molecular formula is C11H14N4O2. The molecule has 0 atom stereocenters. The van der Waals surface area contributed by atoms with Crippen molar-refractivity contribution in [2.24, 2.45) is 0 Å². The third-order valence-electron chi connectivity index (χ3n) is 2.33. The first-order chi connectivity index (χ1) is 8.28. The molecule has 0 radical (unpaired) electrons. The predicted octanol–water partition coefficient (Wildman–Crippen LogP) is 1.24. The highest BCUT2D eigenvalue weighted by molar-refractivity contribution is 5.28. The summed E-state index contributed by atoms with van der Waals surface area (Å²) in [5, 5.41) is 0. The second-order valence-electron chi connectivity index (χ2n) is 3.32. The van der Waals surface area contributed by atoms with E-state index in [1.165, 1.54) is 0 Å². The van der Waals surface area contributed by atoms with Crippen LogP contribution in [0.4, 0.5) is 0 Å². The summed E-state index contributed by atoms with van der Waals surface area (Å²) < 4.78 is 12.0. The molecule has 17 heavy (non-hydrogen) atoms.